The second-order valence-corrected chi connectivity index (χ2v) is 10.7. The van der Waals surface area contributed by atoms with Crippen molar-refractivity contribution in [1.82, 2.24) is 14.7 Å². The van der Waals surface area contributed by atoms with E-state index < -0.39 is 6.35 Å². The van der Waals surface area contributed by atoms with Gasteiger partial charge in [-0.25, -0.2) is 4.90 Å². The molecule has 1 aromatic rings. The molecule has 0 radical (unpaired) electrons. The Bertz CT molecular complexity index is 1180. The number of nitrogens with zero attached hydrogens (tertiary/aromatic N) is 3. The molecule has 212 valence electrons. The average Bonchev–Trinajstić information content (AvgIpc) is 3.07. The van der Waals surface area contributed by atoms with Crippen LogP contribution in [0.15, 0.2) is 53.0 Å². The van der Waals surface area contributed by atoms with Gasteiger partial charge >= 0.3 is 0 Å². The summed E-state index contributed by atoms with van der Waals surface area (Å²) in [6, 6.07) is 5.28. The summed E-state index contributed by atoms with van der Waals surface area (Å²) in [5.41, 5.74) is 3.75. The highest BCUT2D eigenvalue weighted by molar-refractivity contribution is 5.95. The molecule has 1 aliphatic carbocycles. The Balaban J connectivity index is 1.43. The van der Waals surface area contributed by atoms with Crippen molar-refractivity contribution in [3.63, 3.8) is 0 Å². The molecule has 0 bridgehead atoms. The average molecular weight is 540 g/mol. The Morgan fingerprint density at radius 3 is 2.28 bits per heavy atom. The van der Waals surface area contributed by atoms with Gasteiger partial charge in [-0.1, -0.05) is 19.9 Å². The quantitative estimate of drug-likeness (QED) is 0.589. The molecule has 5 rings (SSSR count). The smallest absolute Gasteiger partial charge is 0.254 e. The molecule has 0 aromatic heterocycles. The summed E-state index contributed by atoms with van der Waals surface area (Å²) in [6.07, 6.45) is 5.82. The number of hydrogen-bond donors (Lipinski definition) is 1. The molecule has 1 N–H and O–H groups in total. The van der Waals surface area contributed by atoms with Gasteiger partial charge in [0.1, 0.15) is 11.5 Å². The van der Waals surface area contributed by atoms with Crippen molar-refractivity contribution in [2.75, 3.05) is 54.6 Å². The minimum absolute atomic E-state index is 0.0407. The number of likely N-dealkylation sites (N-methyl/N-ethyl adjacent to an activating group) is 1. The van der Waals surface area contributed by atoms with E-state index in [9.17, 15) is 9.90 Å². The van der Waals surface area contributed by atoms with E-state index in [2.05, 4.69) is 35.8 Å². The molecular weight excluding hydrogens is 498 g/mol. The zero-order chi connectivity index (χ0) is 27.9. The van der Waals surface area contributed by atoms with Gasteiger partial charge in [0.2, 0.25) is 0 Å². The molecule has 2 saturated heterocycles. The fraction of sp³-hybridized carbons (Fsp3) is 0.567. The van der Waals surface area contributed by atoms with Crippen LogP contribution in [0, 0.1) is 5.92 Å². The van der Waals surface area contributed by atoms with E-state index in [1.54, 1.807) is 46.6 Å². The molecule has 1 aromatic carbocycles. The van der Waals surface area contributed by atoms with Gasteiger partial charge in [-0.3, -0.25) is 4.79 Å². The number of aliphatic hydroxyl groups is 1. The summed E-state index contributed by atoms with van der Waals surface area (Å²) in [7, 11) is 6.61. The number of aliphatic hydroxyl groups excluding tert-OH is 1. The number of rotatable bonds is 6. The predicted octanol–water partition coefficient (Wildman–Crippen LogP) is 3.37. The predicted molar refractivity (Wildman–Crippen MR) is 147 cm³/mol. The standard InChI is InChI=1S/C30H41N3O6/c1-7-33-29(35)32-18-21-15-24(38-5)17-25(39-6)27(21)19(2)12-26(32)30(33)8-10-31(11-9-30)28(34)20-13-22(36-3)16-23(14-20)37-4/h12-16,19,25,29,35H,7-11,17-18H2,1-6H3. The van der Waals surface area contributed by atoms with Crippen LogP contribution in [0.1, 0.15) is 43.5 Å². The molecule has 3 aliphatic heterocycles. The number of allylic oxidation sites excluding steroid dienone is 1. The first kappa shape index (κ1) is 27.6. The normalized spacial score (nSPS) is 26.5. The molecule has 9 heteroatoms. The highest BCUT2D eigenvalue weighted by atomic mass is 16.5. The van der Waals surface area contributed by atoms with Crippen LogP contribution in [0.3, 0.4) is 0 Å². The summed E-state index contributed by atoms with van der Waals surface area (Å²) < 4.78 is 22.3. The van der Waals surface area contributed by atoms with Gasteiger partial charge in [0.15, 0.2) is 6.35 Å². The number of benzene rings is 1. The lowest BCUT2D eigenvalue weighted by atomic mass is 9.80. The Kier molecular flexibility index (Phi) is 7.68. The first-order chi connectivity index (χ1) is 18.8. The van der Waals surface area contributed by atoms with Crippen molar-refractivity contribution in [3.05, 3.63) is 58.5 Å². The molecule has 3 atom stereocenters. The summed E-state index contributed by atoms with van der Waals surface area (Å²) in [5, 5.41) is 11.6. The third-order valence-electron chi connectivity index (χ3n) is 8.94. The van der Waals surface area contributed by atoms with Gasteiger partial charge in [0.05, 0.1) is 38.7 Å². The SMILES string of the molecule is CCN1C(O)N2CC3=C(C(C)C=C2C12CCN(C(=O)c1cc(OC)cc(OC)c1)CC2)C(OC)CC(OC)=C3. The molecule has 4 aliphatic rings. The number of amides is 1. The Morgan fingerprint density at radius 2 is 1.72 bits per heavy atom. The van der Waals surface area contributed by atoms with Crippen LogP contribution >= 0.6 is 0 Å². The maximum Gasteiger partial charge on any atom is 0.254 e. The third kappa shape index (κ3) is 4.60. The van der Waals surface area contributed by atoms with Crippen LogP contribution in [-0.2, 0) is 9.47 Å². The van der Waals surface area contributed by atoms with Crippen molar-refractivity contribution < 1.29 is 28.8 Å². The second kappa shape index (κ2) is 10.9. The Morgan fingerprint density at radius 1 is 1.05 bits per heavy atom. The zero-order valence-corrected chi connectivity index (χ0v) is 23.9. The van der Waals surface area contributed by atoms with Crippen molar-refractivity contribution >= 4 is 5.91 Å². The van der Waals surface area contributed by atoms with Crippen molar-refractivity contribution in [3.8, 4) is 11.5 Å². The lowest BCUT2D eigenvalue weighted by Gasteiger charge is -2.45. The molecule has 1 spiro atoms. The molecule has 0 saturated carbocycles. The second-order valence-electron chi connectivity index (χ2n) is 10.7. The maximum atomic E-state index is 13.5. The molecule has 3 unspecified atom stereocenters. The van der Waals surface area contributed by atoms with Gasteiger partial charge in [-0.2, -0.15) is 0 Å². The minimum Gasteiger partial charge on any atom is -0.501 e. The van der Waals surface area contributed by atoms with E-state index in [-0.39, 0.29) is 23.5 Å². The number of hydrogen-bond acceptors (Lipinski definition) is 8. The van der Waals surface area contributed by atoms with E-state index in [0.29, 0.717) is 49.7 Å². The van der Waals surface area contributed by atoms with Gasteiger partial charge in [-0.15, -0.1) is 0 Å². The minimum atomic E-state index is -0.743. The molecule has 39 heavy (non-hydrogen) atoms. The van der Waals surface area contributed by atoms with Gasteiger partial charge in [0.25, 0.3) is 5.91 Å². The number of methoxy groups -OCH3 is 4. The number of fused-ring (bicyclic) bond motifs is 2. The van der Waals surface area contributed by atoms with Crippen molar-refractivity contribution in [2.24, 2.45) is 5.92 Å². The maximum absolute atomic E-state index is 13.5. The monoisotopic (exact) mass is 539 g/mol. The molecule has 1 amide bonds. The molecule has 2 fully saturated rings. The first-order valence-corrected chi connectivity index (χ1v) is 13.8. The number of carbonyl (C=O) groups excluding carboxylic acids is 1. The van der Waals surface area contributed by atoms with Crippen molar-refractivity contribution in [2.45, 2.75) is 51.1 Å². The summed E-state index contributed by atoms with van der Waals surface area (Å²) >= 11 is 0. The molecular formula is C30H41N3O6. The van der Waals surface area contributed by atoms with Gasteiger partial charge in [0, 0.05) is 63.0 Å². The van der Waals surface area contributed by atoms with E-state index in [1.165, 1.54) is 5.57 Å². The Labute approximate surface area is 231 Å². The highest BCUT2D eigenvalue weighted by Gasteiger charge is 2.55. The topological polar surface area (TPSA) is 83.9 Å². The van der Waals surface area contributed by atoms with Crippen LogP contribution in [-0.4, -0.2) is 98.3 Å². The van der Waals surface area contributed by atoms with Crippen LogP contribution in [0.25, 0.3) is 0 Å². The van der Waals surface area contributed by atoms with Crippen LogP contribution in [0.4, 0.5) is 0 Å². The lowest BCUT2D eigenvalue weighted by molar-refractivity contribution is -0.0804. The van der Waals surface area contributed by atoms with E-state index in [0.717, 1.165) is 29.9 Å². The summed E-state index contributed by atoms with van der Waals surface area (Å²) in [5.74, 6) is 2.18. The first-order valence-electron chi connectivity index (χ1n) is 13.8. The van der Waals surface area contributed by atoms with E-state index in [1.807, 2.05) is 4.90 Å². The van der Waals surface area contributed by atoms with Gasteiger partial charge in [-0.05, 0) is 42.2 Å². The van der Waals surface area contributed by atoms with E-state index >= 15 is 0 Å². The summed E-state index contributed by atoms with van der Waals surface area (Å²) in [6.45, 7) is 6.77. The lowest BCUT2D eigenvalue weighted by Crippen LogP contribution is -2.55. The Hall–Kier alpha value is -3.01. The number of carbonyl (C=O) groups is 1. The van der Waals surface area contributed by atoms with Crippen molar-refractivity contribution in [1.29, 1.82) is 0 Å². The van der Waals surface area contributed by atoms with Crippen LogP contribution in [0.5, 0.6) is 11.5 Å². The third-order valence-corrected chi connectivity index (χ3v) is 8.94. The number of piperidine rings is 1. The van der Waals surface area contributed by atoms with Crippen LogP contribution in [0.2, 0.25) is 0 Å². The van der Waals surface area contributed by atoms with E-state index in [4.69, 9.17) is 18.9 Å². The number of likely N-dealkylation sites (tertiary alicyclic amines) is 1. The van der Waals surface area contributed by atoms with Gasteiger partial charge < -0.3 is 33.9 Å². The fourth-order valence-corrected chi connectivity index (χ4v) is 6.97. The largest absolute Gasteiger partial charge is 0.501 e. The number of ether oxygens (including phenoxy) is 4. The molecule has 3 heterocycles. The van der Waals surface area contributed by atoms with Crippen LogP contribution < -0.4 is 9.47 Å². The zero-order valence-electron chi connectivity index (χ0n) is 23.9. The molecule has 9 nitrogen and oxygen atoms in total. The summed E-state index contributed by atoms with van der Waals surface area (Å²) in [4.78, 5) is 19.8. The highest BCUT2D eigenvalue weighted by Crippen LogP contribution is 2.49. The fourth-order valence-electron chi connectivity index (χ4n) is 6.97.